The smallest absolute Gasteiger partial charge is 0.0750 e. The van der Waals surface area contributed by atoms with E-state index in [4.69, 9.17) is 4.18 Å². The van der Waals surface area contributed by atoms with Gasteiger partial charge in [-0.2, -0.15) is 0 Å². The molecule has 0 N–H and O–H groups in total. The minimum absolute atomic E-state index is 0.869. The molecule has 60 valence electrons. The molecule has 1 aliphatic rings. The Morgan fingerprint density at radius 1 is 1.40 bits per heavy atom. The highest BCUT2D eigenvalue weighted by molar-refractivity contribution is 14.2. The van der Waals surface area contributed by atoms with Crippen molar-refractivity contribution in [1.82, 2.24) is 4.90 Å². The molecule has 0 radical (unpaired) electrons. The Hall–Kier alpha value is 1.00. The van der Waals surface area contributed by atoms with E-state index in [-0.39, 0.29) is 0 Å². The number of hydrogen-bond acceptors (Lipinski definition) is 3. The maximum atomic E-state index is 5.16. The summed E-state index contributed by atoms with van der Waals surface area (Å²) in [5.41, 5.74) is 0. The third kappa shape index (κ3) is 3.41. The summed E-state index contributed by atoms with van der Waals surface area (Å²) in [5, 5.41) is 0. The highest BCUT2D eigenvalue weighted by Gasteiger charge is 2.09. The fraction of sp³-hybridized carbons (Fsp3) is 1.00. The van der Waals surface area contributed by atoms with E-state index >= 15 is 0 Å². The molecule has 0 aromatic heterocycles. The normalized spacial score (nSPS) is 20.1. The van der Waals surface area contributed by atoms with Crippen LogP contribution in [-0.2, 0) is 4.18 Å². The molecular weight excluding hydrogens is 261 g/mol. The summed E-state index contributed by atoms with van der Waals surface area (Å²) in [5.74, 6) is 0. The summed E-state index contributed by atoms with van der Waals surface area (Å²) in [6.45, 7) is 4.52. The molecule has 2 nitrogen and oxygen atoms in total. The predicted octanol–water partition coefficient (Wildman–Crippen LogP) is 2.10. The standard InChI is InChI=1S/C6H12INOS/c7-10-9-6-5-8-3-1-2-4-8/h1-6H2. The van der Waals surface area contributed by atoms with Gasteiger partial charge in [0.15, 0.2) is 0 Å². The predicted molar refractivity (Wildman–Crippen MR) is 53.2 cm³/mol. The van der Waals surface area contributed by atoms with Crippen molar-refractivity contribution in [2.75, 3.05) is 26.2 Å². The van der Waals surface area contributed by atoms with Crippen LogP contribution in [0.3, 0.4) is 0 Å². The maximum absolute atomic E-state index is 5.16. The highest BCUT2D eigenvalue weighted by atomic mass is 127. The summed E-state index contributed by atoms with van der Waals surface area (Å²) in [4.78, 5) is 2.45. The molecule has 0 amide bonds. The molecule has 0 spiro atoms. The van der Waals surface area contributed by atoms with E-state index in [1.165, 1.54) is 35.1 Å². The summed E-state index contributed by atoms with van der Waals surface area (Å²) < 4.78 is 5.16. The minimum atomic E-state index is 0.869. The van der Waals surface area contributed by atoms with Crippen molar-refractivity contribution in [3.05, 3.63) is 0 Å². The van der Waals surface area contributed by atoms with Gasteiger partial charge in [0.2, 0.25) is 0 Å². The Bertz CT molecular complexity index is 87.8. The van der Waals surface area contributed by atoms with Gasteiger partial charge in [-0.25, -0.2) is 0 Å². The van der Waals surface area contributed by atoms with E-state index < -0.39 is 0 Å². The Morgan fingerprint density at radius 2 is 2.10 bits per heavy atom. The molecule has 4 heteroatoms. The number of hydrogen-bond donors (Lipinski definition) is 0. The van der Waals surface area contributed by atoms with Crippen LogP contribution in [0.2, 0.25) is 0 Å². The van der Waals surface area contributed by atoms with Crippen molar-refractivity contribution in [3.63, 3.8) is 0 Å². The zero-order chi connectivity index (χ0) is 7.23. The molecule has 1 fully saturated rings. The van der Waals surface area contributed by atoms with Gasteiger partial charge < -0.3 is 9.08 Å². The van der Waals surface area contributed by atoms with Crippen molar-refractivity contribution in [2.45, 2.75) is 12.8 Å². The second-order valence-corrected chi connectivity index (χ2v) is 3.87. The van der Waals surface area contributed by atoms with Crippen molar-refractivity contribution in [1.29, 1.82) is 0 Å². The van der Waals surface area contributed by atoms with Crippen LogP contribution in [0.25, 0.3) is 0 Å². The van der Waals surface area contributed by atoms with Crippen molar-refractivity contribution in [2.24, 2.45) is 0 Å². The average Bonchev–Trinajstić information content (AvgIpc) is 2.41. The quantitative estimate of drug-likeness (QED) is 0.442. The second kappa shape index (κ2) is 5.62. The third-order valence-corrected chi connectivity index (χ3v) is 2.75. The molecule has 0 saturated carbocycles. The first-order valence-electron chi connectivity index (χ1n) is 3.56. The van der Waals surface area contributed by atoms with Crippen LogP contribution in [0, 0.1) is 0 Å². The lowest BCUT2D eigenvalue weighted by Crippen LogP contribution is -2.23. The second-order valence-electron chi connectivity index (χ2n) is 2.43. The number of rotatable bonds is 4. The molecule has 0 bridgehead atoms. The van der Waals surface area contributed by atoms with E-state index in [9.17, 15) is 0 Å². The summed E-state index contributed by atoms with van der Waals surface area (Å²) >= 11 is 2.15. The van der Waals surface area contributed by atoms with Crippen molar-refractivity contribution < 1.29 is 4.18 Å². The third-order valence-electron chi connectivity index (χ3n) is 1.73. The molecule has 0 atom stereocenters. The molecule has 0 aliphatic carbocycles. The molecule has 10 heavy (non-hydrogen) atoms. The summed E-state index contributed by atoms with van der Waals surface area (Å²) in [6, 6.07) is 0. The Morgan fingerprint density at radius 3 is 2.70 bits per heavy atom. The fourth-order valence-corrected chi connectivity index (χ4v) is 1.88. The molecule has 1 saturated heterocycles. The number of nitrogens with zero attached hydrogens (tertiary/aromatic N) is 1. The summed E-state index contributed by atoms with van der Waals surface area (Å²) in [7, 11) is 1.43. The highest BCUT2D eigenvalue weighted by Crippen LogP contribution is 2.12. The van der Waals surface area contributed by atoms with Crippen LogP contribution in [0.4, 0.5) is 0 Å². The molecule has 0 unspecified atom stereocenters. The van der Waals surface area contributed by atoms with Gasteiger partial charge in [-0.3, -0.25) is 0 Å². The summed E-state index contributed by atoms with van der Waals surface area (Å²) in [6.07, 6.45) is 2.74. The lowest BCUT2D eigenvalue weighted by atomic mass is 10.4. The largest absolute Gasteiger partial charge is 0.304 e. The van der Waals surface area contributed by atoms with Gasteiger partial charge in [-0.05, 0) is 25.9 Å². The van der Waals surface area contributed by atoms with Gasteiger partial charge in [-0.15, -0.1) is 0 Å². The van der Waals surface area contributed by atoms with E-state index in [0.717, 1.165) is 13.2 Å². The zero-order valence-corrected chi connectivity index (χ0v) is 8.86. The van der Waals surface area contributed by atoms with Gasteiger partial charge >= 0.3 is 0 Å². The fourth-order valence-electron chi connectivity index (χ4n) is 1.20. The van der Waals surface area contributed by atoms with E-state index in [2.05, 4.69) is 26.1 Å². The van der Waals surface area contributed by atoms with Gasteiger partial charge in [0, 0.05) is 27.8 Å². The van der Waals surface area contributed by atoms with Crippen LogP contribution < -0.4 is 0 Å². The van der Waals surface area contributed by atoms with Crippen LogP contribution in [0.5, 0.6) is 0 Å². The molecule has 1 rings (SSSR count). The van der Waals surface area contributed by atoms with Gasteiger partial charge in [0.1, 0.15) is 0 Å². The molecule has 1 aliphatic heterocycles. The molecule has 1 heterocycles. The van der Waals surface area contributed by atoms with E-state index in [0.29, 0.717) is 0 Å². The molecule has 0 aromatic rings. The first-order valence-corrected chi connectivity index (χ1v) is 6.84. The number of likely N-dealkylation sites (tertiary alicyclic amines) is 1. The Kier molecular flexibility index (Phi) is 5.11. The first-order chi connectivity index (χ1) is 4.93. The van der Waals surface area contributed by atoms with Gasteiger partial charge in [0.25, 0.3) is 0 Å². The van der Waals surface area contributed by atoms with Crippen LogP contribution >= 0.6 is 30.4 Å². The van der Waals surface area contributed by atoms with Gasteiger partial charge in [0.05, 0.1) is 15.8 Å². The maximum Gasteiger partial charge on any atom is 0.0750 e. The lowest BCUT2D eigenvalue weighted by Gasteiger charge is -2.12. The Labute approximate surface area is 78.5 Å². The topological polar surface area (TPSA) is 12.5 Å². The number of halogens is 1. The van der Waals surface area contributed by atoms with Crippen LogP contribution in [0.1, 0.15) is 12.8 Å². The SMILES string of the molecule is ISOCCN1CCCC1. The van der Waals surface area contributed by atoms with Crippen LogP contribution in [0.15, 0.2) is 0 Å². The monoisotopic (exact) mass is 273 g/mol. The average molecular weight is 273 g/mol. The van der Waals surface area contributed by atoms with E-state index in [1.54, 1.807) is 0 Å². The molecular formula is C6H12INOS. The Balaban J connectivity index is 1.91. The van der Waals surface area contributed by atoms with Gasteiger partial charge in [-0.1, -0.05) is 0 Å². The lowest BCUT2D eigenvalue weighted by molar-refractivity contribution is 0.264. The van der Waals surface area contributed by atoms with E-state index in [1.807, 2.05) is 0 Å². The zero-order valence-electron chi connectivity index (χ0n) is 5.88. The minimum Gasteiger partial charge on any atom is -0.304 e. The van der Waals surface area contributed by atoms with Crippen LogP contribution in [-0.4, -0.2) is 31.1 Å². The molecule has 0 aromatic carbocycles. The first kappa shape index (κ1) is 9.09. The van der Waals surface area contributed by atoms with Crippen molar-refractivity contribution in [3.8, 4) is 0 Å². The van der Waals surface area contributed by atoms with Crippen molar-refractivity contribution >= 4 is 30.4 Å².